The second-order valence-corrected chi connectivity index (χ2v) is 8.13. The predicted octanol–water partition coefficient (Wildman–Crippen LogP) is 4.61. The molecule has 1 aliphatic rings. The molecule has 1 aliphatic carbocycles. The van der Waals surface area contributed by atoms with Crippen LogP contribution in [0.25, 0.3) is 0 Å². The molecule has 1 saturated carbocycles. The number of esters is 1. The SMILES string of the molecule is CC(C)(C)OC(=O)C1CCCC1(CCCCc1ccccc1)C(=O)O. The molecular weight excluding hydrogens is 316 g/mol. The molecule has 2 rings (SSSR count). The number of carboxylic acid groups (broad SMARTS) is 1. The molecule has 1 fully saturated rings. The molecule has 0 heterocycles. The van der Waals surface area contributed by atoms with Gasteiger partial charge in [-0.3, -0.25) is 9.59 Å². The highest BCUT2D eigenvalue weighted by molar-refractivity contribution is 5.85. The quantitative estimate of drug-likeness (QED) is 0.578. The van der Waals surface area contributed by atoms with Crippen LogP contribution in [0.15, 0.2) is 30.3 Å². The summed E-state index contributed by atoms with van der Waals surface area (Å²) in [6.07, 6.45) is 5.17. The van der Waals surface area contributed by atoms with Gasteiger partial charge in [0.05, 0.1) is 11.3 Å². The van der Waals surface area contributed by atoms with Crippen molar-refractivity contribution in [1.29, 1.82) is 0 Å². The van der Waals surface area contributed by atoms with Crippen LogP contribution >= 0.6 is 0 Å². The van der Waals surface area contributed by atoms with Crippen LogP contribution in [0.4, 0.5) is 0 Å². The summed E-state index contributed by atoms with van der Waals surface area (Å²) < 4.78 is 5.50. The molecule has 1 aromatic rings. The fourth-order valence-corrected chi connectivity index (χ4v) is 3.86. The molecule has 138 valence electrons. The molecule has 0 amide bonds. The van der Waals surface area contributed by atoms with Gasteiger partial charge in [0.25, 0.3) is 0 Å². The van der Waals surface area contributed by atoms with Gasteiger partial charge in [-0.2, -0.15) is 0 Å². The van der Waals surface area contributed by atoms with Crippen molar-refractivity contribution in [3.63, 3.8) is 0 Å². The van der Waals surface area contributed by atoms with Crippen molar-refractivity contribution in [1.82, 2.24) is 0 Å². The number of hydrogen-bond donors (Lipinski definition) is 1. The average Bonchev–Trinajstić information content (AvgIpc) is 2.96. The van der Waals surface area contributed by atoms with E-state index in [1.165, 1.54) is 5.56 Å². The maximum absolute atomic E-state index is 12.5. The first-order valence-electron chi connectivity index (χ1n) is 9.25. The summed E-state index contributed by atoms with van der Waals surface area (Å²) in [6, 6.07) is 10.2. The summed E-state index contributed by atoms with van der Waals surface area (Å²) in [7, 11) is 0. The van der Waals surface area contributed by atoms with Gasteiger partial charge in [-0.15, -0.1) is 0 Å². The lowest BCUT2D eigenvalue weighted by Gasteiger charge is -2.32. The summed E-state index contributed by atoms with van der Waals surface area (Å²) >= 11 is 0. The van der Waals surface area contributed by atoms with Gasteiger partial charge in [-0.25, -0.2) is 0 Å². The Morgan fingerprint density at radius 2 is 1.88 bits per heavy atom. The maximum atomic E-state index is 12.5. The zero-order valence-corrected chi connectivity index (χ0v) is 15.6. The van der Waals surface area contributed by atoms with Crippen molar-refractivity contribution in [2.24, 2.45) is 11.3 Å². The molecule has 4 heteroatoms. The van der Waals surface area contributed by atoms with Crippen LogP contribution in [0.2, 0.25) is 0 Å². The first kappa shape index (κ1) is 19.5. The topological polar surface area (TPSA) is 63.6 Å². The highest BCUT2D eigenvalue weighted by Gasteiger charge is 2.53. The first-order valence-corrected chi connectivity index (χ1v) is 9.25. The smallest absolute Gasteiger partial charge is 0.310 e. The molecule has 0 spiro atoms. The molecule has 0 saturated heterocycles. The van der Waals surface area contributed by atoms with Crippen LogP contribution in [-0.4, -0.2) is 22.6 Å². The van der Waals surface area contributed by atoms with Crippen molar-refractivity contribution in [2.45, 2.75) is 71.3 Å². The van der Waals surface area contributed by atoms with Gasteiger partial charge in [-0.1, -0.05) is 43.2 Å². The molecule has 1 aromatic carbocycles. The van der Waals surface area contributed by atoms with Crippen LogP contribution in [0.1, 0.15) is 64.9 Å². The Bertz CT molecular complexity index is 588. The molecule has 0 aromatic heterocycles. The van der Waals surface area contributed by atoms with E-state index in [2.05, 4.69) is 12.1 Å². The highest BCUT2D eigenvalue weighted by atomic mass is 16.6. The zero-order valence-electron chi connectivity index (χ0n) is 15.6. The second kappa shape index (κ2) is 8.03. The Morgan fingerprint density at radius 1 is 1.20 bits per heavy atom. The molecule has 2 unspecified atom stereocenters. The molecule has 1 N–H and O–H groups in total. The number of aryl methyl sites for hydroxylation is 1. The second-order valence-electron chi connectivity index (χ2n) is 8.13. The van der Waals surface area contributed by atoms with Gasteiger partial charge in [0, 0.05) is 0 Å². The van der Waals surface area contributed by atoms with Gasteiger partial charge < -0.3 is 9.84 Å². The lowest BCUT2D eigenvalue weighted by molar-refractivity contribution is -0.171. The van der Waals surface area contributed by atoms with E-state index in [1.54, 1.807) is 0 Å². The number of rotatable bonds is 7. The average molecular weight is 346 g/mol. The summed E-state index contributed by atoms with van der Waals surface area (Å²) in [5, 5.41) is 9.89. The third-order valence-corrected chi connectivity index (χ3v) is 5.08. The normalized spacial score (nSPS) is 23.4. The molecule has 2 atom stereocenters. The van der Waals surface area contributed by atoms with Crippen LogP contribution in [0.3, 0.4) is 0 Å². The Balaban J connectivity index is 1.99. The van der Waals surface area contributed by atoms with Crippen molar-refractivity contribution < 1.29 is 19.4 Å². The molecule has 0 radical (unpaired) electrons. The molecule has 0 aliphatic heterocycles. The number of unbranched alkanes of at least 4 members (excludes halogenated alkanes) is 1. The Kier molecular flexibility index (Phi) is 6.26. The fraction of sp³-hybridized carbons (Fsp3) is 0.619. The summed E-state index contributed by atoms with van der Waals surface area (Å²) in [4.78, 5) is 24.6. The summed E-state index contributed by atoms with van der Waals surface area (Å²) in [5.41, 5.74) is -0.280. The Morgan fingerprint density at radius 3 is 2.48 bits per heavy atom. The van der Waals surface area contributed by atoms with Crippen molar-refractivity contribution >= 4 is 11.9 Å². The molecule has 0 bridgehead atoms. The largest absolute Gasteiger partial charge is 0.481 e. The number of carbonyl (C=O) groups is 2. The van der Waals surface area contributed by atoms with E-state index in [0.717, 1.165) is 25.7 Å². The van der Waals surface area contributed by atoms with Crippen LogP contribution in [-0.2, 0) is 20.7 Å². The number of ether oxygens (including phenoxy) is 1. The Hall–Kier alpha value is -1.84. The molecular formula is C21H30O4. The van der Waals surface area contributed by atoms with Crippen LogP contribution in [0, 0.1) is 11.3 Å². The Labute approximate surface area is 150 Å². The zero-order chi connectivity index (χ0) is 18.5. The van der Waals surface area contributed by atoms with Crippen LogP contribution in [0.5, 0.6) is 0 Å². The minimum absolute atomic E-state index is 0.351. The van der Waals surface area contributed by atoms with E-state index >= 15 is 0 Å². The third-order valence-electron chi connectivity index (χ3n) is 5.08. The minimum Gasteiger partial charge on any atom is -0.481 e. The van der Waals surface area contributed by atoms with Gasteiger partial charge in [0.2, 0.25) is 0 Å². The minimum atomic E-state index is -0.959. The monoisotopic (exact) mass is 346 g/mol. The van der Waals surface area contributed by atoms with E-state index < -0.39 is 22.9 Å². The molecule has 4 nitrogen and oxygen atoms in total. The number of carboxylic acids is 1. The number of carbonyl (C=O) groups excluding carboxylic acids is 1. The van der Waals surface area contributed by atoms with Crippen molar-refractivity contribution in [3.8, 4) is 0 Å². The van der Waals surface area contributed by atoms with Gasteiger partial charge in [0.1, 0.15) is 5.60 Å². The predicted molar refractivity (Wildman–Crippen MR) is 97.3 cm³/mol. The number of hydrogen-bond acceptors (Lipinski definition) is 3. The number of aliphatic carboxylic acids is 1. The van der Waals surface area contributed by atoms with E-state index in [4.69, 9.17) is 4.74 Å². The van der Waals surface area contributed by atoms with Gasteiger partial charge in [0.15, 0.2) is 0 Å². The standard InChI is InChI=1S/C21H30O4/c1-20(2,3)25-18(22)17-13-9-15-21(17,19(23)24)14-8-7-12-16-10-5-4-6-11-16/h4-6,10-11,17H,7-9,12-15H2,1-3H3,(H,23,24). The summed E-state index contributed by atoms with van der Waals surface area (Å²) in [6.45, 7) is 5.46. The molecule has 25 heavy (non-hydrogen) atoms. The lowest BCUT2D eigenvalue weighted by atomic mass is 9.73. The van der Waals surface area contributed by atoms with Crippen molar-refractivity contribution in [3.05, 3.63) is 35.9 Å². The van der Waals surface area contributed by atoms with E-state index in [0.29, 0.717) is 19.3 Å². The first-order chi connectivity index (χ1) is 11.7. The van der Waals surface area contributed by atoms with E-state index in [9.17, 15) is 14.7 Å². The van der Waals surface area contributed by atoms with Crippen molar-refractivity contribution in [2.75, 3.05) is 0 Å². The van der Waals surface area contributed by atoms with E-state index in [-0.39, 0.29) is 5.97 Å². The van der Waals surface area contributed by atoms with Gasteiger partial charge in [-0.05, 0) is 58.4 Å². The third kappa shape index (κ3) is 5.07. The van der Waals surface area contributed by atoms with Gasteiger partial charge >= 0.3 is 11.9 Å². The fourth-order valence-electron chi connectivity index (χ4n) is 3.86. The van der Waals surface area contributed by atoms with E-state index in [1.807, 2.05) is 39.0 Å². The summed E-state index contributed by atoms with van der Waals surface area (Å²) in [5.74, 6) is -1.73. The number of benzene rings is 1. The highest BCUT2D eigenvalue weighted by Crippen LogP contribution is 2.48. The lowest BCUT2D eigenvalue weighted by Crippen LogP contribution is -2.41. The van der Waals surface area contributed by atoms with Crippen LogP contribution < -0.4 is 0 Å². The maximum Gasteiger partial charge on any atom is 0.310 e.